The molecule has 5 rings (SSSR count). The van der Waals surface area contributed by atoms with Gasteiger partial charge in [0.2, 0.25) is 5.91 Å². The molecule has 0 fully saturated rings. The van der Waals surface area contributed by atoms with E-state index in [1.165, 1.54) is 33.1 Å². The van der Waals surface area contributed by atoms with Gasteiger partial charge in [-0.2, -0.15) is 5.10 Å². The normalized spacial score (nSPS) is 13.0. The number of amides is 1. The van der Waals surface area contributed by atoms with Crippen LogP contribution in [0.2, 0.25) is 0 Å². The molecule has 4 aromatic rings. The van der Waals surface area contributed by atoms with Crippen molar-refractivity contribution in [3.8, 4) is 5.69 Å². The number of aryl methyl sites for hydroxylation is 1. The van der Waals surface area contributed by atoms with Crippen LogP contribution >= 0.6 is 0 Å². The van der Waals surface area contributed by atoms with E-state index in [4.69, 9.17) is 0 Å². The summed E-state index contributed by atoms with van der Waals surface area (Å²) in [4.78, 5) is 32.2. The number of aromatic nitrogens is 4. The van der Waals surface area contributed by atoms with Crippen LogP contribution in [0.15, 0.2) is 59.5 Å². The lowest BCUT2D eigenvalue weighted by Crippen LogP contribution is -2.32. The second kappa shape index (κ2) is 7.46. The highest BCUT2D eigenvalue weighted by Gasteiger charge is 2.24. The van der Waals surface area contributed by atoms with Gasteiger partial charge in [-0.25, -0.2) is 14.1 Å². The predicted molar refractivity (Wildman–Crippen MR) is 115 cm³/mol. The highest BCUT2D eigenvalue weighted by molar-refractivity contribution is 5.95. The molecule has 0 saturated heterocycles. The maximum Gasteiger partial charge on any atom is 0.264 e. The topological polar surface area (TPSA) is 73.0 Å². The number of fused-ring (bicyclic) bond motifs is 2. The van der Waals surface area contributed by atoms with E-state index in [9.17, 15) is 14.0 Å². The zero-order valence-electron chi connectivity index (χ0n) is 17.0. The molecule has 1 aliphatic heterocycles. The van der Waals surface area contributed by atoms with Gasteiger partial charge < -0.3 is 4.90 Å². The van der Waals surface area contributed by atoms with Crippen molar-refractivity contribution in [1.82, 2.24) is 19.3 Å². The molecule has 156 valence electrons. The average molecular weight is 417 g/mol. The van der Waals surface area contributed by atoms with Crippen molar-refractivity contribution < 1.29 is 9.18 Å². The Bertz CT molecular complexity index is 1360. The van der Waals surface area contributed by atoms with E-state index < -0.39 is 0 Å². The first-order valence-corrected chi connectivity index (χ1v) is 10.1. The molecule has 0 radical (unpaired) electrons. The number of hydrogen-bond donors (Lipinski definition) is 0. The first-order chi connectivity index (χ1) is 15.0. The molecular formula is C23H20FN5O2. The quantitative estimate of drug-likeness (QED) is 0.512. The number of para-hydroxylation sites is 1. The Morgan fingerprint density at radius 2 is 1.90 bits per heavy atom. The summed E-state index contributed by atoms with van der Waals surface area (Å²) in [6, 6.07) is 13.7. The van der Waals surface area contributed by atoms with E-state index in [-0.39, 0.29) is 30.2 Å². The fourth-order valence-corrected chi connectivity index (χ4v) is 4.08. The Kier molecular flexibility index (Phi) is 4.62. The highest BCUT2D eigenvalue weighted by atomic mass is 19.1. The van der Waals surface area contributed by atoms with Gasteiger partial charge in [-0.15, -0.1) is 0 Å². The van der Waals surface area contributed by atoms with Gasteiger partial charge in [0.1, 0.15) is 17.0 Å². The molecule has 0 bridgehead atoms. The van der Waals surface area contributed by atoms with Gasteiger partial charge in [0.25, 0.3) is 5.56 Å². The maximum absolute atomic E-state index is 13.2. The lowest BCUT2D eigenvalue weighted by molar-refractivity contribution is -0.118. The summed E-state index contributed by atoms with van der Waals surface area (Å²) in [5.41, 5.74) is 2.89. The van der Waals surface area contributed by atoms with Crippen molar-refractivity contribution in [1.29, 1.82) is 0 Å². The number of hydrogen-bond acceptors (Lipinski definition) is 4. The zero-order valence-corrected chi connectivity index (χ0v) is 17.0. The minimum atomic E-state index is -0.350. The highest BCUT2D eigenvalue weighted by Crippen LogP contribution is 2.28. The van der Waals surface area contributed by atoms with Gasteiger partial charge >= 0.3 is 0 Å². The van der Waals surface area contributed by atoms with Crippen molar-refractivity contribution in [2.24, 2.45) is 0 Å². The first-order valence-electron chi connectivity index (χ1n) is 10.1. The fourth-order valence-electron chi connectivity index (χ4n) is 4.08. The molecule has 2 aromatic carbocycles. The van der Waals surface area contributed by atoms with Crippen molar-refractivity contribution >= 4 is 22.6 Å². The lowest BCUT2D eigenvalue weighted by Gasteiger charge is -2.18. The summed E-state index contributed by atoms with van der Waals surface area (Å²) in [5.74, 6) is 0.131. The van der Waals surface area contributed by atoms with Crippen LogP contribution in [0.5, 0.6) is 0 Å². The van der Waals surface area contributed by atoms with Gasteiger partial charge in [0.15, 0.2) is 5.65 Å². The van der Waals surface area contributed by atoms with Crippen LogP contribution in [0.3, 0.4) is 0 Å². The summed E-state index contributed by atoms with van der Waals surface area (Å²) in [7, 11) is 0. The van der Waals surface area contributed by atoms with Gasteiger partial charge in [0, 0.05) is 25.2 Å². The minimum absolute atomic E-state index is 0.0154. The van der Waals surface area contributed by atoms with E-state index in [2.05, 4.69) is 10.1 Å². The van der Waals surface area contributed by atoms with Crippen molar-refractivity contribution in [2.75, 3.05) is 11.4 Å². The minimum Gasteiger partial charge on any atom is -0.312 e. The van der Waals surface area contributed by atoms with Crippen LogP contribution in [0, 0.1) is 12.7 Å². The third-order valence-corrected chi connectivity index (χ3v) is 5.69. The van der Waals surface area contributed by atoms with E-state index in [0.717, 1.165) is 12.1 Å². The van der Waals surface area contributed by atoms with Gasteiger partial charge in [-0.05, 0) is 49.2 Å². The molecular weight excluding hydrogens is 397 g/mol. The standard InChI is InChI=1S/C23H20FN5O2/c1-15-26-22-19(14-25-29(22)18-8-6-17(24)7-9-18)23(31)27(15)13-11-21(30)28-12-10-16-4-2-3-5-20(16)28/h2-9,14H,10-13H2,1H3. The van der Waals surface area contributed by atoms with E-state index in [1.807, 2.05) is 24.3 Å². The maximum atomic E-state index is 13.2. The van der Waals surface area contributed by atoms with Crippen molar-refractivity contribution in [3.63, 3.8) is 0 Å². The number of carbonyl (C=O) groups excluding carboxylic acids is 1. The molecule has 0 saturated carbocycles. The Morgan fingerprint density at radius 3 is 2.71 bits per heavy atom. The molecule has 0 spiro atoms. The summed E-state index contributed by atoms with van der Waals surface area (Å²) in [6.07, 6.45) is 2.51. The Labute approximate surface area is 177 Å². The molecule has 0 aliphatic carbocycles. The Morgan fingerprint density at radius 1 is 1.13 bits per heavy atom. The van der Waals surface area contributed by atoms with Gasteiger partial charge in [0.05, 0.1) is 11.9 Å². The number of anilines is 1. The molecule has 7 nitrogen and oxygen atoms in total. The van der Waals surface area contributed by atoms with Crippen LogP contribution in [0.4, 0.5) is 10.1 Å². The fraction of sp³-hybridized carbons (Fsp3) is 0.217. The second-order valence-corrected chi connectivity index (χ2v) is 7.56. The second-order valence-electron chi connectivity index (χ2n) is 7.56. The largest absolute Gasteiger partial charge is 0.312 e. The van der Waals surface area contributed by atoms with Gasteiger partial charge in [-0.1, -0.05) is 18.2 Å². The SMILES string of the molecule is Cc1nc2c(cnn2-c2ccc(F)cc2)c(=O)n1CCC(=O)N1CCc2ccccc21. The molecule has 31 heavy (non-hydrogen) atoms. The smallest absolute Gasteiger partial charge is 0.264 e. The number of carbonyl (C=O) groups is 1. The zero-order chi connectivity index (χ0) is 21.5. The monoisotopic (exact) mass is 417 g/mol. The van der Waals surface area contributed by atoms with Crippen LogP contribution in [0.25, 0.3) is 16.7 Å². The molecule has 8 heteroatoms. The first kappa shape index (κ1) is 19.2. The van der Waals surface area contributed by atoms with E-state index in [1.54, 1.807) is 24.0 Å². The molecule has 0 atom stereocenters. The molecule has 0 N–H and O–H groups in total. The molecule has 0 unspecified atom stereocenters. The third-order valence-electron chi connectivity index (χ3n) is 5.69. The summed E-state index contributed by atoms with van der Waals surface area (Å²) >= 11 is 0. The van der Waals surface area contributed by atoms with Crippen molar-refractivity contribution in [2.45, 2.75) is 26.3 Å². The summed E-state index contributed by atoms with van der Waals surface area (Å²) in [6.45, 7) is 2.64. The number of benzene rings is 2. The molecule has 2 aromatic heterocycles. The molecule has 1 amide bonds. The van der Waals surface area contributed by atoms with E-state index >= 15 is 0 Å². The lowest BCUT2D eigenvalue weighted by atomic mass is 10.2. The average Bonchev–Trinajstić information content (AvgIpc) is 3.38. The molecule has 1 aliphatic rings. The van der Waals surface area contributed by atoms with Crippen LogP contribution in [-0.4, -0.2) is 31.8 Å². The Balaban J connectivity index is 1.42. The van der Waals surface area contributed by atoms with Gasteiger partial charge in [-0.3, -0.25) is 14.2 Å². The number of halogens is 1. The van der Waals surface area contributed by atoms with Crippen LogP contribution < -0.4 is 10.5 Å². The summed E-state index contributed by atoms with van der Waals surface area (Å²) in [5, 5.41) is 4.62. The van der Waals surface area contributed by atoms with Crippen molar-refractivity contribution in [3.05, 3.63) is 82.3 Å². The number of rotatable bonds is 4. The molecule has 3 heterocycles. The van der Waals surface area contributed by atoms with E-state index in [0.29, 0.717) is 29.1 Å². The van der Waals surface area contributed by atoms with Crippen LogP contribution in [-0.2, 0) is 17.8 Å². The summed E-state index contributed by atoms with van der Waals surface area (Å²) < 4.78 is 16.3. The van der Waals surface area contributed by atoms with Crippen LogP contribution in [0.1, 0.15) is 17.8 Å². The predicted octanol–water partition coefficient (Wildman–Crippen LogP) is 3.01. The third kappa shape index (κ3) is 3.30. The Hall–Kier alpha value is -3.81. The number of nitrogens with zero attached hydrogens (tertiary/aromatic N) is 5.